The molecule has 4 nitrogen and oxygen atoms in total. The molecule has 2 heterocycles. The third-order valence-corrected chi connectivity index (χ3v) is 6.08. The first-order valence-electron chi connectivity index (χ1n) is 8.68. The fourth-order valence-corrected chi connectivity index (χ4v) is 4.54. The third kappa shape index (κ3) is 3.83. The molecule has 0 saturated carbocycles. The highest BCUT2D eigenvalue weighted by Crippen LogP contribution is 2.35. The molecule has 25 heavy (non-hydrogen) atoms. The highest BCUT2D eigenvalue weighted by atomic mass is 32.1. The van der Waals surface area contributed by atoms with E-state index < -0.39 is 0 Å². The number of Topliss-reactive ketones (excluding diaryl/α,β-unsaturated/α-hetero) is 1. The monoisotopic (exact) mass is 356 g/mol. The number of rotatable bonds is 5. The number of carbonyl (C=O) groups is 2. The van der Waals surface area contributed by atoms with Gasteiger partial charge in [-0.1, -0.05) is 12.1 Å². The molecule has 2 unspecified atom stereocenters. The molecule has 1 aliphatic heterocycles. The van der Waals surface area contributed by atoms with Crippen molar-refractivity contribution in [3.05, 3.63) is 57.3 Å². The SMILES string of the molecule is CC(=O)c1ccc(C(=O)NCCN2C(C)Cc3ccsc3C2C)cc1. The van der Waals surface area contributed by atoms with Crippen molar-refractivity contribution >= 4 is 23.0 Å². The summed E-state index contributed by atoms with van der Waals surface area (Å²) in [5.41, 5.74) is 2.68. The molecule has 1 aromatic heterocycles. The van der Waals surface area contributed by atoms with Gasteiger partial charge in [-0.2, -0.15) is 0 Å². The molecule has 132 valence electrons. The molecule has 1 N–H and O–H groups in total. The summed E-state index contributed by atoms with van der Waals surface area (Å²) in [5, 5.41) is 5.16. The fourth-order valence-electron chi connectivity index (χ4n) is 3.52. The predicted octanol–water partition coefficient (Wildman–Crippen LogP) is 3.69. The van der Waals surface area contributed by atoms with Gasteiger partial charge < -0.3 is 5.32 Å². The number of carbonyl (C=O) groups excluding carboxylic acids is 2. The summed E-state index contributed by atoms with van der Waals surface area (Å²) in [7, 11) is 0. The molecule has 1 aromatic carbocycles. The molecule has 0 fully saturated rings. The quantitative estimate of drug-likeness (QED) is 0.831. The average molecular weight is 356 g/mol. The van der Waals surface area contributed by atoms with Gasteiger partial charge in [-0.3, -0.25) is 14.5 Å². The third-order valence-electron chi connectivity index (χ3n) is 4.95. The van der Waals surface area contributed by atoms with Crippen LogP contribution in [0.15, 0.2) is 35.7 Å². The van der Waals surface area contributed by atoms with Gasteiger partial charge in [-0.25, -0.2) is 0 Å². The van der Waals surface area contributed by atoms with Crippen LogP contribution in [-0.4, -0.2) is 35.7 Å². The molecule has 1 aliphatic rings. The highest BCUT2D eigenvalue weighted by Gasteiger charge is 2.29. The van der Waals surface area contributed by atoms with Crippen LogP contribution in [0.2, 0.25) is 0 Å². The molecule has 0 radical (unpaired) electrons. The maximum Gasteiger partial charge on any atom is 0.251 e. The van der Waals surface area contributed by atoms with E-state index >= 15 is 0 Å². The molecule has 2 aromatic rings. The lowest BCUT2D eigenvalue weighted by Gasteiger charge is -2.38. The largest absolute Gasteiger partial charge is 0.351 e. The number of thiophene rings is 1. The molecule has 3 rings (SSSR count). The minimum Gasteiger partial charge on any atom is -0.351 e. The molecular formula is C20H24N2O2S. The second kappa shape index (κ2) is 7.50. The lowest BCUT2D eigenvalue weighted by atomic mass is 9.97. The summed E-state index contributed by atoms with van der Waals surface area (Å²) in [4.78, 5) is 27.5. The lowest BCUT2D eigenvalue weighted by molar-refractivity contribution is 0.0929. The summed E-state index contributed by atoms with van der Waals surface area (Å²) in [6, 6.07) is 9.91. The van der Waals surface area contributed by atoms with E-state index in [4.69, 9.17) is 0 Å². The number of hydrogen-bond acceptors (Lipinski definition) is 4. The van der Waals surface area contributed by atoms with Crippen molar-refractivity contribution in [1.82, 2.24) is 10.2 Å². The lowest BCUT2D eigenvalue weighted by Crippen LogP contribution is -2.44. The van der Waals surface area contributed by atoms with Crippen LogP contribution in [0.25, 0.3) is 0 Å². The van der Waals surface area contributed by atoms with Gasteiger partial charge in [0, 0.05) is 41.2 Å². The van der Waals surface area contributed by atoms with E-state index in [2.05, 4.69) is 35.5 Å². The smallest absolute Gasteiger partial charge is 0.251 e. The molecule has 2 atom stereocenters. The van der Waals surface area contributed by atoms with Gasteiger partial charge in [0.05, 0.1) is 0 Å². The van der Waals surface area contributed by atoms with E-state index in [1.54, 1.807) is 24.3 Å². The van der Waals surface area contributed by atoms with E-state index in [1.807, 2.05) is 11.3 Å². The van der Waals surface area contributed by atoms with Crippen LogP contribution < -0.4 is 5.32 Å². The van der Waals surface area contributed by atoms with Crippen molar-refractivity contribution in [1.29, 1.82) is 0 Å². The molecule has 0 bridgehead atoms. The first-order valence-corrected chi connectivity index (χ1v) is 9.56. The Morgan fingerprint density at radius 1 is 1.16 bits per heavy atom. The van der Waals surface area contributed by atoms with Gasteiger partial charge in [0.15, 0.2) is 5.78 Å². The van der Waals surface area contributed by atoms with Crippen LogP contribution in [0.4, 0.5) is 0 Å². The van der Waals surface area contributed by atoms with E-state index in [0.29, 0.717) is 29.8 Å². The maximum absolute atomic E-state index is 12.3. The molecule has 0 saturated heterocycles. The second-order valence-corrected chi connectivity index (χ2v) is 7.61. The first-order chi connectivity index (χ1) is 12.0. The van der Waals surface area contributed by atoms with Gasteiger partial charge in [0.2, 0.25) is 0 Å². The van der Waals surface area contributed by atoms with E-state index in [0.717, 1.165) is 13.0 Å². The first kappa shape index (κ1) is 17.8. The van der Waals surface area contributed by atoms with Crippen LogP contribution in [-0.2, 0) is 6.42 Å². The number of benzene rings is 1. The summed E-state index contributed by atoms with van der Waals surface area (Å²) in [6.07, 6.45) is 1.07. The van der Waals surface area contributed by atoms with Crippen LogP contribution >= 0.6 is 11.3 Å². The summed E-state index contributed by atoms with van der Waals surface area (Å²) in [5.74, 6) is -0.0859. The zero-order chi connectivity index (χ0) is 18.0. The van der Waals surface area contributed by atoms with Crippen LogP contribution in [0.5, 0.6) is 0 Å². The Balaban J connectivity index is 1.55. The Morgan fingerprint density at radius 3 is 2.52 bits per heavy atom. The van der Waals surface area contributed by atoms with Gasteiger partial charge in [-0.15, -0.1) is 11.3 Å². The molecule has 0 spiro atoms. The van der Waals surface area contributed by atoms with Crippen LogP contribution in [0.3, 0.4) is 0 Å². The van der Waals surface area contributed by atoms with Crippen LogP contribution in [0, 0.1) is 0 Å². The zero-order valence-electron chi connectivity index (χ0n) is 14.9. The topological polar surface area (TPSA) is 49.4 Å². The van der Waals surface area contributed by atoms with Crippen molar-refractivity contribution in [2.45, 2.75) is 39.3 Å². The second-order valence-electron chi connectivity index (χ2n) is 6.67. The number of fused-ring (bicyclic) bond motifs is 1. The summed E-state index contributed by atoms with van der Waals surface area (Å²) >= 11 is 1.82. The summed E-state index contributed by atoms with van der Waals surface area (Å²) in [6.45, 7) is 7.46. The van der Waals surface area contributed by atoms with Crippen molar-refractivity contribution < 1.29 is 9.59 Å². The number of nitrogens with zero attached hydrogens (tertiary/aromatic N) is 1. The maximum atomic E-state index is 12.3. The van der Waals surface area contributed by atoms with Crippen molar-refractivity contribution in [3.63, 3.8) is 0 Å². The van der Waals surface area contributed by atoms with Gasteiger partial charge in [0.25, 0.3) is 5.91 Å². The number of amides is 1. The van der Waals surface area contributed by atoms with Gasteiger partial charge >= 0.3 is 0 Å². The standard InChI is InChI=1S/C20H24N2O2S/c1-13-12-18-8-11-25-19(18)14(2)22(13)10-9-21-20(24)17-6-4-16(5-7-17)15(3)23/h4-8,11,13-14H,9-10,12H2,1-3H3,(H,21,24). The predicted molar refractivity (Wildman–Crippen MR) is 101 cm³/mol. The van der Waals surface area contributed by atoms with E-state index in [1.165, 1.54) is 17.4 Å². The van der Waals surface area contributed by atoms with Gasteiger partial charge in [-0.05, 0) is 56.3 Å². The molecule has 0 aliphatic carbocycles. The van der Waals surface area contributed by atoms with Crippen molar-refractivity contribution in [2.24, 2.45) is 0 Å². The minimum absolute atomic E-state index is 0.00739. The van der Waals surface area contributed by atoms with Gasteiger partial charge in [0.1, 0.15) is 0 Å². The number of hydrogen-bond donors (Lipinski definition) is 1. The zero-order valence-corrected chi connectivity index (χ0v) is 15.7. The minimum atomic E-state index is -0.0933. The highest BCUT2D eigenvalue weighted by molar-refractivity contribution is 7.10. The molecule has 1 amide bonds. The average Bonchev–Trinajstić information content (AvgIpc) is 3.06. The Kier molecular flexibility index (Phi) is 5.35. The Bertz CT molecular complexity index is 766. The summed E-state index contributed by atoms with van der Waals surface area (Å²) < 4.78 is 0. The normalized spacial score (nSPS) is 20.1. The Hall–Kier alpha value is -1.98. The number of nitrogens with one attached hydrogen (secondary N) is 1. The molecular weight excluding hydrogens is 332 g/mol. The Morgan fingerprint density at radius 2 is 1.84 bits per heavy atom. The van der Waals surface area contributed by atoms with E-state index in [9.17, 15) is 9.59 Å². The fraction of sp³-hybridized carbons (Fsp3) is 0.400. The molecule has 5 heteroatoms. The van der Waals surface area contributed by atoms with E-state index in [-0.39, 0.29) is 11.7 Å². The van der Waals surface area contributed by atoms with Crippen molar-refractivity contribution in [2.75, 3.05) is 13.1 Å². The Labute approximate surface area is 152 Å². The van der Waals surface area contributed by atoms with Crippen LogP contribution in [0.1, 0.15) is 58.0 Å². The van der Waals surface area contributed by atoms with Crippen molar-refractivity contribution in [3.8, 4) is 0 Å². The number of ketones is 1.